The van der Waals surface area contributed by atoms with E-state index in [0.717, 1.165) is 10.9 Å². The fourth-order valence-corrected chi connectivity index (χ4v) is 7.03. The maximum absolute atomic E-state index is 12.4. The molecule has 2 aromatic heterocycles. The quantitative estimate of drug-likeness (QED) is 0.0769. The molecule has 2 unspecified atom stereocenters. The second-order valence-corrected chi connectivity index (χ2v) is 13.2. The van der Waals surface area contributed by atoms with Gasteiger partial charge < -0.3 is 30.5 Å². The molecule has 1 saturated heterocycles. The van der Waals surface area contributed by atoms with Crippen molar-refractivity contribution in [2.75, 3.05) is 25.5 Å². The van der Waals surface area contributed by atoms with Gasteiger partial charge in [0.1, 0.15) is 18.3 Å². The smallest absolute Gasteiger partial charge is 0.387 e. The number of nitrogens with zero attached hydrogens (tertiary/aromatic N) is 4. The van der Waals surface area contributed by atoms with Crippen LogP contribution in [0.1, 0.15) is 52.6 Å². The zero-order valence-corrected chi connectivity index (χ0v) is 25.2. The van der Waals surface area contributed by atoms with Crippen LogP contribution in [0.3, 0.4) is 0 Å². The lowest BCUT2D eigenvalue weighted by atomic mass is 10.1. The molecule has 1 aromatic carbocycles. The lowest BCUT2D eigenvalue weighted by Crippen LogP contribution is -2.33. The number of nitrogens with one attached hydrogen (secondary N) is 1. The number of nitrogens with two attached hydrogens (primary N) is 1. The Balaban J connectivity index is 1.03. The van der Waals surface area contributed by atoms with Gasteiger partial charge in [0, 0.05) is 6.54 Å². The number of anilines is 1. The number of rotatable bonds is 14. The van der Waals surface area contributed by atoms with E-state index < -0.39 is 52.4 Å². The minimum absolute atomic E-state index is 0.0635. The Morgan fingerprint density at radius 2 is 1.60 bits per heavy atom. The first-order valence-corrected chi connectivity index (χ1v) is 16.6. The van der Waals surface area contributed by atoms with Gasteiger partial charge in [0.15, 0.2) is 17.4 Å². The topological polar surface area (TPSA) is 279 Å². The molecule has 6 atom stereocenters. The average molecular weight is 672 g/mol. The predicted octanol–water partition coefficient (Wildman–Crippen LogP) is 0.428. The molecule has 2 amide bonds. The first kappa shape index (κ1) is 33.0. The standard InChI is InChI=1S/C24H30N6O13P2/c25-24-27-19-16(20(33)28-24)26-12-30(19)23-18(32)17(31)15(42-23)11-41-45(38,39)43-44(36,37)40-10-6-2-1-5-9-29-21(34)13-7-3-4-8-14(13)22(29)35/h3-4,7-8,12,15,17-18,23,31-32H,1-2,5-6,9-11H2,(H,36,37)(H,38,39)(H3,25,27,28,33)/t15-,17-,18-,23-/m1/s1. The predicted molar refractivity (Wildman–Crippen MR) is 151 cm³/mol. The number of imide groups is 1. The van der Waals surface area contributed by atoms with Crippen LogP contribution in [-0.4, -0.2) is 94.3 Å². The van der Waals surface area contributed by atoms with Crippen LogP contribution in [0.4, 0.5) is 5.95 Å². The number of aliphatic hydroxyl groups excluding tert-OH is 2. The highest BCUT2D eigenvalue weighted by atomic mass is 31.3. The van der Waals surface area contributed by atoms with Crippen LogP contribution in [0.5, 0.6) is 0 Å². The summed E-state index contributed by atoms with van der Waals surface area (Å²) in [5.74, 6) is -0.952. The van der Waals surface area contributed by atoms with Crippen LogP contribution in [0.2, 0.25) is 0 Å². The van der Waals surface area contributed by atoms with Crippen molar-refractivity contribution in [3.63, 3.8) is 0 Å². The lowest BCUT2D eigenvalue weighted by Gasteiger charge is -2.19. The van der Waals surface area contributed by atoms with Gasteiger partial charge in [-0.2, -0.15) is 9.29 Å². The third-order valence-corrected chi connectivity index (χ3v) is 9.71. The first-order chi connectivity index (χ1) is 21.3. The number of aliphatic hydroxyl groups is 2. The SMILES string of the molecule is Nc1nc2c(ncn2[C@@H]2O[C@H](COP(=O)(O)OP(=O)(O)OCCCCCCN3C(=O)c4ccccc4C3=O)[C@@H](O)[C@H]2O)c(=O)[nH]1. The van der Waals surface area contributed by atoms with E-state index in [-0.39, 0.29) is 48.5 Å². The van der Waals surface area contributed by atoms with E-state index >= 15 is 0 Å². The number of hydrogen-bond acceptors (Lipinski definition) is 14. The molecule has 0 saturated carbocycles. The van der Waals surface area contributed by atoms with Crippen LogP contribution in [0.15, 0.2) is 35.4 Å². The van der Waals surface area contributed by atoms with Crippen molar-refractivity contribution in [3.8, 4) is 0 Å². The monoisotopic (exact) mass is 672 g/mol. The number of nitrogen functional groups attached to an aromatic ring is 1. The molecule has 0 bridgehead atoms. The summed E-state index contributed by atoms with van der Waals surface area (Å²) in [4.78, 5) is 67.9. The Hall–Kier alpha value is -3.35. The third-order valence-electron chi connectivity index (χ3n) is 7.08. The maximum atomic E-state index is 12.4. The number of aromatic amines is 1. The Morgan fingerprint density at radius 1 is 0.956 bits per heavy atom. The van der Waals surface area contributed by atoms with Crippen molar-refractivity contribution in [2.24, 2.45) is 0 Å². The summed E-state index contributed by atoms with van der Waals surface area (Å²) in [5, 5.41) is 20.9. The van der Waals surface area contributed by atoms with Crippen LogP contribution < -0.4 is 11.3 Å². The van der Waals surface area contributed by atoms with E-state index in [1.165, 1.54) is 4.90 Å². The summed E-state index contributed by atoms with van der Waals surface area (Å²) in [6.45, 7) is -0.973. The third kappa shape index (κ3) is 7.23. The number of hydrogen-bond donors (Lipinski definition) is 6. The lowest BCUT2D eigenvalue weighted by molar-refractivity contribution is -0.0504. The molecule has 3 aromatic rings. The van der Waals surface area contributed by atoms with Gasteiger partial charge in [0.05, 0.1) is 30.7 Å². The number of aromatic nitrogens is 4. The van der Waals surface area contributed by atoms with Crippen molar-refractivity contribution in [3.05, 3.63) is 52.1 Å². The van der Waals surface area contributed by atoms with E-state index in [4.69, 9.17) is 19.5 Å². The molecule has 4 heterocycles. The summed E-state index contributed by atoms with van der Waals surface area (Å²) in [6.07, 6.45) is -3.18. The number of ether oxygens (including phenoxy) is 1. The number of fused-ring (bicyclic) bond motifs is 2. The summed E-state index contributed by atoms with van der Waals surface area (Å²) in [7, 11) is -10.3. The summed E-state index contributed by atoms with van der Waals surface area (Å²) in [6, 6.07) is 6.54. The molecule has 19 nitrogen and oxygen atoms in total. The van der Waals surface area contributed by atoms with Crippen molar-refractivity contribution < 1.29 is 56.8 Å². The normalized spacial score (nSPS) is 24.2. The fraction of sp³-hybridized carbons (Fsp3) is 0.458. The molecule has 5 rings (SSSR count). The molecular formula is C24H30N6O13P2. The van der Waals surface area contributed by atoms with E-state index in [2.05, 4.69) is 19.3 Å². The van der Waals surface area contributed by atoms with Gasteiger partial charge >= 0.3 is 15.6 Å². The molecule has 0 aliphatic carbocycles. The number of carbonyl (C=O) groups excluding carboxylic acids is 2. The Bertz CT molecular complexity index is 1710. The fourth-order valence-electron chi connectivity index (χ4n) is 4.92. The van der Waals surface area contributed by atoms with Crippen molar-refractivity contribution in [1.82, 2.24) is 24.4 Å². The Morgan fingerprint density at radius 3 is 2.29 bits per heavy atom. The molecule has 45 heavy (non-hydrogen) atoms. The van der Waals surface area contributed by atoms with Gasteiger partial charge in [-0.15, -0.1) is 0 Å². The highest BCUT2D eigenvalue weighted by Crippen LogP contribution is 2.60. The zero-order chi connectivity index (χ0) is 32.5. The van der Waals surface area contributed by atoms with Crippen LogP contribution in [0.25, 0.3) is 11.2 Å². The molecule has 0 spiro atoms. The molecule has 2 aliphatic rings. The van der Waals surface area contributed by atoms with Gasteiger partial charge in [0.25, 0.3) is 17.4 Å². The number of carbonyl (C=O) groups is 2. The second kappa shape index (κ2) is 13.2. The summed E-state index contributed by atoms with van der Waals surface area (Å²) in [5.41, 5.74) is 5.44. The van der Waals surface area contributed by atoms with Gasteiger partial charge in [0.2, 0.25) is 5.95 Å². The first-order valence-electron chi connectivity index (χ1n) is 13.6. The number of benzene rings is 1. The van der Waals surface area contributed by atoms with Gasteiger partial charge in [-0.25, -0.2) is 14.1 Å². The van der Waals surface area contributed by atoms with Crippen molar-refractivity contribution in [2.45, 2.75) is 50.2 Å². The largest absolute Gasteiger partial charge is 0.481 e. The number of unbranched alkanes of at least 4 members (excludes halogenated alkanes) is 3. The van der Waals surface area contributed by atoms with E-state index in [1.54, 1.807) is 24.3 Å². The maximum Gasteiger partial charge on any atom is 0.481 e. The van der Waals surface area contributed by atoms with Crippen molar-refractivity contribution >= 4 is 44.6 Å². The Kier molecular flexibility index (Phi) is 9.67. The number of phosphoric ester groups is 2. The van der Waals surface area contributed by atoms with E-state index in [0.29, 0.717) is 30.4 Å². The number of imidazole rings is 1. The minimum atomic E-state index is -5.23. The van der Waals surface area contributed by atoms with Crippen LogP contribution in [0, 0.1) is 0 Å². The number of H-pyrrole nitrogens is 1. The van der Waals surface area contributed by atoms with Gasteiger partial charge in [-0.05, 0) is 25.0 Å². The highest BCUT2D eigenvalue weighted by Gasteiger charge is 2.46. The molecule has 7 N–H and O–H groups in total. The minimum Gasteiger partial charge on any atom is -0.387 e. The highest BCUT2D eigenvalue weighted by molar-refractivity contribution is 7.61. The molecule has 0 radical (unpaired) electrons. The average Bonchev–Trinajstić information content (AvgIpc) is 3.59. The molecule has 244 valence electrons. The van der Waals surface area contributed by atoms with Crippen LogP contribution >= 0.6 is 15.6 Å². The van der Waals surface area contributed by atoms with E-state index in [9.17, 15) is 43.5 Å². The second-order valence-electron chi connectivity index (χ2n) is 10.2. The number of amides is 2. The van der Waals surface area contributed by atoms with Crippen molar-refractivity contribution in [1.29, 1.82) is 0 Å². The van der Waals surface area contributed by atoms with Gasteiger partial charge in [-0.3, -0.25) is 37.9 Å². The Labute approximate surface area is 253 Å². The van der Waals surface area contributed by atoms with Crippen LogP contribution in [-0.2, 0) is 27.2 Å². The van der Waals surface area contributed by atoms with Gasteiger partial charge in [-0.1, -0.05) is 25.0 Å². The summed E-state index contributed by atoms with van der Waals surface area (Å²) < 4.78 is 45.0. The molecule has 2 aliphatic heterocycles. The number of phosphoric acid groups is 2. The zero-order valence-electron chi connectivity index (χ0n) is 23.4. The van der Waals surface area contributed by atoms with E-state index in [1.807, 2.05) is 0 Å². The summed E-state index contributed by atoms with van der Waals surface area (Å²) >= 11 is 0. The molecular weight excluding hydrogens is 642 g/mol. The molecule has 21 heteroatoms. The molecule has 1 fully saturated rings.